The Balaban J connectivity index is 2.93. The SMILES string of the molecule is COC(=O)C(O)(CC(=O)Nc1ccc(C)c(C)c1)C(F)(F)F. The number of hydrogen-bond donors (Lipinski definition) is 2. The lowest BCUT2D eigenvalue weighted by Gasteiger charge is -2.26. The topological polar surface area (TPSA) is 75.6 Å². The van der Waals surface area contributed by atoms with Crippen molar-refractivity contribution in [2.75, 3.05) is 12.4 Å². The van der Waals surface area contributed by atoms with Crippen molar-refractivity contribution in [2.24, 2.45) is 0 Å². The molecule has 0 aliphatic heterocycles. The maximum atomic E-state index is 12.8. The summed E-state index contributed by atoms with van der Waals surface area (Å²) in [4.78, 5) is 22.9. The van der Waals surface area contributed by atoms with Crippen LogP contribution in [-0.4, -0.2) is 35.9 Å². The molecule has 2 N–H and O–H groups in total. The number of rotatable bonds is 4. The van der Waals surface area contributed by atoms with Gasteiger partial charge in [0.2, 0.25) is 5.91 Å². The lowest BCUT2D eigenvalue weighted by atomic mass is 9.98. The smallest absolute Gasteiger partial charge is 0.428 e. The first-order valence-electron chi connectivity index (χ1n) is 6.26. The van der Waals surface area contributed by atoms with Crippen LogP contribution in [0.4, 0.5) is 18.9 Å². The quantitative estimate of drug-likeness (QED) is 0.833. The highest BCUT2D eigenvalue weighted by Crippen LogP contribution is 2.34. The fraction of sp³-hybridized carbons (Fsp3) is 0.429. The van der Waals surface area contributed by atoms with E-state index in [1.54, 1.807) is 19.1 Å². The molecule has 1 unspecified atom stereocenters. The molecule has 0 saturated carbocycles. The molecule has 0 heterocycles. The van der Waals surface area contributed by atoms with E-state index in [9.17, 15) is 27.9 Å². The molecular formula is C14H16F3NO4. The molecular weight excluding hydrogens is 303 g/mol. The fourth-order valence-corrected chi connectivity index (χ4v) is 1.71. The van der Waals surface area contributed by atoms with E-state index in [0.29, 0.717) is 7.11 Å². The number of aryl methyl sites for hydroxylation is 2. The number of carbonyl (C=O) groups excluding carboxylic acids is 2. The van der Waals surface area contributed by atoms with Gasteiger partial charge in [0.15, 0.2) is 0 Å². The number of amides is 1. The third-order valence-corrected chi connectivity index (χ3v) is 3.20. The molecule has 0 aromatic heterocycles. The Morgan fingerprint density at radius 1 is 1.23 bits per heavy atom. The van der Waals surface area contributed by atoms with Gasteiger partial charge in [0.05, 0.1) is 13.5 Å². The maximum Gasteiger partial charge on any atom is 0.428 e. The molecule has 1 aromatic rings. The van der Waals surface area contributed by atoms with E-state index in [-0.39, 0.29) is 5.69 Å². The number of halogens is 3. The number of methoxy groups -OCH3 is 1. The van der Waals surface area contributed by atoms with Crippen LogP contribution in [0.25, 0.3) is 0 Å². The number of hydrogen-bond acceptors (Lipinski definition) is 4. The highest BCUT2D eigenvalue weighted by molar-refractivity contribution is 5.96. The van der Waals surface area contributed by atoms with Crippen molar-refractivity contribution in [1.82, 2.24) is 0 Å². The average Bonchev–Trinajstić information content (AvgIpc) is 2.40. The number of nitrogens with one attached hydrogen (secondary N) is 1. The van der Waals surface area contributed by atoms with Crippen LogP contribution in [0.3, 0.4) is 0 Å². The van der Waals surface area contributed by atoms with Crippen molar-refractivity contribution >= 4 is 17.6 Å². The van der Waals surface area contributed by atoms with Gasteiger partial charge in [-0.25, -0.2) is 4.79 Å². The first-order valence-corrected chi connectivity index (χ1v) is 6.26. The minimum atomic E-state index is -5.33. The zero-order valence-corrected chi connectivity index (χ0v) is 12.2. The molecule has 0 saturated heterocycles. The van der Waals surface area contributed by atoms with E-state index in [1.165, 1.54) is 6.07 Å². The molecule has 1 aromatic carbocycles. The first kappa shape index (κ1) is 18.0. The molecule has 0 bridgehead atoms. The number of benzene rings is 1. The summed E-state index contributed by atoms with van der Waals surface area (Å²) < 4.78 is 42.4. The highest BCUT2D eigenvalue weighted by atomic mass is 19.4. The lowest BCUT2D eigenvalue weighted by molar-refractivity contribution is -0.261. The Morgan fingerprint density at radius 3 is 2.27 bits per heavy atom. The molecule has 8 heteroatoms. The molecule has 1 amide bonds. The van der Waals surface area contributed by atoms with Gasteiger partial charge in [-0.15, -0.1) is 0 Å². The van der Waals surface area contributed by atoms with Gasteiger partial charge in [-0.3, -0.25) is 4.79 Å². The molecule has 1 atom stereocenters. The Bertz CT molecular complexity index is 586. The maximum absolute atomic E-state index is 12.8. The van der Waals surface area contributed by atoms with Crippen molar-refractivity contribution in [1.29, 1.82) is 0 Å². The zero-order chi connectivity index (χ0) is 17.1. The molecule has 0 fully saturated rings. The van der Waals surface area contributed by atoms with Gasteiger partial charge in [-0.1, -0.05) is 6.07 Å². The second-order valence-corrected chi connectivity index (χ2v) is 4.87. The van der Waals surface area contributed by atoms with Crippen molar-refractivity contribution in [2.45, 2.75) is 32.0 Å². The normalized spacial score (nSPS) is 14.1. The van der Waals surface area contributed by atoms with Crippen LogP contribution in [0.1, 0.15) is 17.5 Å². The Morgan fingerprint density at radius 2 is 1.82 bits per heavy atom. The lowest BCUT2D eigenvalue weighted by Crippen LogP contribution is -2.54. The van der Waals surface area contributed by atoms with E-state index in [1.807, 2.05) is 6.92 Å². The number of anilines is 1. The third kappa shape index (κ3) is 3.76. The number of carbonyl (C=O) groups is 2. The molecule has 5 nitrogen and oxygen atoms in total. The van der Waals surface area contributed by atoms with Crippen LogP contribution in [0.2, 0.25) is 0 Å². The van der Waals surface area contributed by atoms with Gasteiger partial charge in [0, 0.05) is 5.69 Å². The Labute approximate surface area is 125 Å². The molecule has 1 rings (SSSR count). The van der Waals surface area contributed by atoms with Gasteiger partial charge >= 0.3 is 12.1 Å². The molecule has 122 valence electrons. The largest absolute Gasteiger partial charge is 0.467 e. The third-order valence-electron chi connectivity index (χ3n) is 3.20. The summed E-state index contributed by atoms with van der Waals surface area (Å²) in [5.74, 6) is -3.09. The predicted octanol–water partition coefficient (Wildman–Crippen LogP) is 2.10. The number of alkyl halides is 3. The van der Waals surface area contributed by atoms with Crippen molar-refractivity contribution in [3.8, 4) is 0 Å². The minimum Gasteiger partial charge on any atom is -0.467 e. The minimum absolute atomic E-state index is 0.266. The average molecular weight is 319 g/mol. The monoisotopic (exact) mass is 319 g/mol. The van der Waals surface area contributed by atoms with E-state index in [4.69, 9.17) is 0 Å². The van der Waals surface area contributed by atoms with Crippen LogP contribution >= 0.6 is 0 Å². The van der Waals surface area contributed by atoms with Gasteiger partial charge in [-0.2, -0.15) is 13.2 Å². The number of ether oxygens (including phenoxy) is 1. The summed E-state index contributed by atoms with van der Waals surface area (Å²) in [6, 6.07) is 4.75. The molecule has 0 radical (unpaired) electrons. The van der Waals surface area contributed by atoms with E-state index >= 15 is 0 Å². The molecule has 0 aliphatic rings. The highest BCUT2D eigenvalue weighted by Gasteiger charge is 2.61. The number of esters is 1. The second-order valence-electron chi connectivity index (χ2n) is 4.87. The Kier molecular flexibility index (Phi) is 5.18. The van der Waals surface area contributed by atoms with Crippen LogP contribution < -0.4 is 5.32 Å². The zero-order valence-electron chi connectivity index (χ0n) is 12.2. The molecule has 0 spiro atoms. The van der Waals surface area contributed by atoms with Gasteiger partial charge in [0.1, 0.15) is 0 Å². The van der Waals surface area contributed by atoms with E-state index in [0.717, 1.165) is 11.1 Å². The summed E-state index contributed by atoms with van der Waals surface area (Å²) in [5.41, 5.74) is -1.84. The summed E-state index contributed by atoms with van der Waals surface area (Å²) in [5, 5.41) is 11.7. The van der Waals surface area contributed by atoms with Crippen LogP contribution in [0.15, 0.2) is 18.2 Å². The molecule has 0 aliphatic carbocycles. The van der Waals surface area contributed by atoms with Gasteiger partial charge < -0.3 is 15.2 Å². The van der Waals surface area contributed by atoms with Gasteiger partial charge in [-0.05, 0) is 37.1 Å². The van der Waals surface area contributed by atoms with Crippen LogP contribution in [-0.2, 0) is 14.3 Å². The summed E-state index contributed by atoms with van der Waals surface area (Å²) in [6.45, 7) is 3.60. The second kappa shape index (κ2) is 6.35. The Hall–Kier alpha value is -2.09. The van der Waals surface area contributed by atoms with E-state index < -0.39 is 30.1 Å². The predicted molar refractivity (Wildman–Crippen MR) is 72.2 cm³/mol. The fourth-order valence-electron chi connectivity index (χ4n) is 1.71. The summed E-state index contributed by atoms with van der Waals surface area (Å²) >= 11 is 0. The first-order chi connectivity index (χ1) is 10.0. The van der Waals surface area contributed by atoms with E-state index in [2.05, 4.69) is 10.1 Å². The van der Waals surface area contributed by atoms with Crippen molar-refractivity contribution in [3.05, 3.63) is 29.3 Å². The van der Waals surface area contributed by atoms with Crippen molar-refractivity contribution in [3.63, 3.8) is 0 Å². The molecule has 22 heavy (non-hydrogen) atoms. The van der Waals surface area contributed by atoms with Crippen molar-refractivity contribution < 1.29 is 32.6 Å². The van der Waals surface area contributed by atoms with Crippen LogP contribution in [0, 0.1) is 13.8 Å². The summed E-state index contributed by atoms with van der Waals surface area (Å²) in [6.07, 6.45) is -6.82. The summed E-state index contributed by atoms with van der Waals surface area (Å²) in [7, 11) is 0.695. The standard InChI is InChI=1S/C14H16F3NO4/c1-8-4-5-10(6-9(8)2)18-11(19)7-13(21,12(20)22-3)14(15,16)17/h4-6,21H,7H2,1-3H3,(H,18,19). The number of aliphatic hydroxyl groups is 1. The van der Waals surface area contributed by atoms with Gasteiger partial charge in [0.25, 0.3) is 5.60 Å². The van der Waals surface area contributed by atoms with Crippen LogP contribution in [0.5, 0.6) is 0 Å².